The second-order valence-corrected chi connectivity index (χ2v) is 5.78. The van der Waals surface area contributed by atoms with Crippen LogP contribution in [0.3, 0.4) is 0 Å². The number of halogens is 1. The maximum absolute atomic E-state index is 4.48. The lowest BCUT2D eigenvalue weighted by Gasteiger charge is -2.27. The van der Waals surface area contributed by atoms with E-state index in [2.05, 4.69) is 60.8 Å². The second kappa shape index (κ2) is 5.79. The minimum Gasteiger partial charge on any atom is -0.362 e. The van der Waals surface area contributed by atoms with E-state index in [1.165, 1.54) is 24.0 Å². The van der Waals surface area contributed by atoms with E-state index in [9.17, 15) is 0 Å². The highest BCUT2D eigenvalue weighted by Crippen LogP contribution is 2.33. The Morgan fingerprint density at radius 3 is 3.00 bits per heavy atom. The summed E-state index contributed by atoms with van der Waals surface area (Å²) in [5, 5.41) is 6.51. The van der Waals surface area contributed by atoms with Crippen molar-refractivity contribution in [3.8, 4) is 0 Å². The zero-order valence-corrected chi connectivity index (χ0v) is 12.9. The molecule has 1 aliphatic rings. The van der Waals surface area contributed by atoms with Crippen LogP contribution < -0.4 is 10.6 Å². The van der Waals surface area contributed by atoms with E-state index >= 15 is 0 Å². The van der Waals surface area contributed by atoms with Crippen LogP contribution in [0.5, 0.6) is 0 Å². The molecule has 1 unspecified atom stereocenters. The highest BCUT2D eigenvalue weighted by atomic mass is 79.9. The zero-order valence-electron chi connectivity index (χ0n) is 11.4. The number of nitrogens with zero attached hydrogens (tertiary/aromatic N) is 2. The number of anilines is 2. The van der Waals surface area contributed by atoms with Crippen molar-refractivity contribution in [2.45, 2.75) is 25.3 Å². The molecule has 1 aromatic heterocycles. The summed E-state index contributed by atoms with van der Waals surface area (Å²) in [6, 6.07) is 8.96. The molecule has 2 aromatic rings. The first-order valence-corrected chi connectivity index (χ1v) is 7.62. The van der Waals surface area contributed by atoms with Gasteiger partial charge in [-0.15, -0.1) is 0 Å². The Morgan fingerprint density at radius 2 is 2.15 bits per heavy atom. The number of rotatable bonds is 3. The summed E-state index contributed by atoms with van der Waals surface area (Å²) in [4.78, 5) is 8.66. The second-order valence-electron chi connectivity index (χ2n) is 4.93. The van der Waals surface area contributed by atoms with E-state index in [4.69, 9.17) is 0 Å². The van der Waals surface area contributed by atoms with Gasteiger partial charge in [-0.25, -0.2) is 4.98 Å². The van der Waals surface area contributed by atoms with Crippen LogP contribution in [0.2, 0.25) is 0 Å². The van der Waals surface area contributed by atoms with Crippen LogP contribution in [-0.4, -0.2) is 17.0 Å². The van der Waals surface area contributed by atoms with Gasteiger partial charge in [-0.3, -0.25) is 0 Å². The van der Waals surface area contributed by atoms with Crippen molar-refractivity contribution < 1.29 is 0 Å². The summed E-state index contributed by atoms with van der Waals surface area (Å²) in [5.74, 6) is 1.46. The SMILES string of the molecule is CNc1ncc(Br)c(NC2CCCc3ccccc32)n1. The molecule has 0 fully saturated rings. The molecule has 3 rings (SSSR count). The predicted molar refractivity (Wildman–Crippen MR) is 85.0 cm³/mol. The highest BCUT2D eigenvalue weighted by molar-refractivity contribution is 9.10. The van der Waals surface area contributed by atoms with Gasteiger partial charge in [0.1, 0.15) is 5.82 Å². The Bertz CT molecular complexity index is 615. The average molecular weight is 333 g/mol. The van der Waals surface area contributed by atoms with E-state index in [0.717, 1.165) is 16.7 Å². The molecule has 1 aromatic carbocycles. The van der Waals surface area contributed by atoms with E-state index in [0.29, 0.717) is 12.0 Å². The third kappa shape index (κ3) is 2.63. The minimum atomic E-state index is 0.316. The number of aryl methyl sites for hydroxylation is 1. The minimum absolute atomic E-state index is 0.316. The van der Waals surface area contributed by atoms with Crippen LogP contribution in [0, 0.1) is 0 Å². The van der Waals surface area contributed by atoms with Gasteiger partial charge >= 0.3 is 0 Å². The zero-order chi connectivity index (χ0) is 13.9. The molecule has 0 spiro atoms. The summed E-state index contributed by atoms with van der Waals surface area (Å²) in [5.41, 5.74) is 2.82. The van der Waals surface area contributed by atoms with Gasteiger partial charge < -0.3 is 10.6 Å². The summed E-state index contributed by atoms with van der Waals surface area (Å²) >= 11 is 3.51. The first-order chi connectivity index (χ1) is 9.78. The molecule has 1 atom stereocenters. The maximum atomic E-state index is 4.48. The summed E-state index contributed by atoms with van der Waals surface area (Å²) in [7, 11) is 1.82. The van der Waals surface area contributed by atoms with Crippen LogP contribution in [0.25, 0.3) is 0 Å². The number of nitrogens with one attached hydrogen (secondary N) is 2. The molecule has 104 valence electrons. The molecule has 5 heteroatoms. The number of benzene rings is 1. The number of fused-ring (bicyclic) bond motifs is 1. The molecular weight excluding hydrogens is 316 g/mol. The largest absolute Gasteiger partial charge is 0.362 e. The van der Waals surface area contributed by atoms with Crippen LogP contribution in [0.15, 0.2) is 34.9 Å². The van der Waals surface area contributed by atoms with E-state index in [1.54, 1.807) is 6.20 Å². The fourth-order valence-corrected chi connectivity index (χ4v) is 2.96. The van der Waals surface area contributed by atoms with Crippen molar-refractivity contribution in [3.63, 3.8) is 0 Å². The fraction of sp³-hybridized carbons (Fsp3) is 0.333. The molecule has 0 amide bonds. The van der Waals surface area contributed by atoms with E-state index in [1.807, 2.05) is 7.05 Å². The lowest BCUT2D eigenvalue weighted by atomic mass is 9.88. The van der Waals surface area contributed by atoms with Gasteiger partial charge in [0.2, 0.25) is 5.95 Å². The standard InChI is InChI=1S/C15H17BrN4/c1-17-15-18-9-12(16)14(20-15)19-13-8-4-6-10-5-2-3-7-11(10)13/h2-3,5,7,9,13H,4,6,8H2,1H3,(H2,17,18,19,20). The molecule has 0 saturated carbocycles. The molecule has 20 heavy (non-hydrogen) atoms. The van der Waals surface area contributed by atoms with Crippen molar-refractivity contribution in [2.75, 3.05) is 17.7 Å². The van der Waals surface area contributed by atoms with Gasteiger partial charge in [0.25, 0.3) is 0 Å². The lowest BCUT2D eigenvalue weighted by molar-refractivity contribution is 0.598. The number of aromatic nitrogens is 2. The first kappa shape index (κ1) is 13.4. The molecule has 0 radical (unpaired) electrons. The molecule has 1 heterocycles. The quantitative estimate of drug-likeness (QED) is 0.898. The molecule has 0 saturated heterocycles. The number of hydrogen-bond acceptors (Lipinski definition) is 4. The Morgan fingerprint density at radius 1 is 1.30 bits per heavy atom. The van der Waals surface area contributed by atoms with Crippen molar-refractivity contribution in [2.24, 2.45) is 0 Å². The average Bonchev–Trinajstić information content (AvgIpc) is 2.50. The highest BCUT2D eigenvalue weighted by Gasteiger charge is 2.20. The molecule has 0 bridgehead atoms. The normalized spacial score (nSPS) is 17.4. The monoisotopic (exact) mass is 332 g/mol. The summed E-state index contributed by atoms with van der Waals surface area (Å²) in [6.07, 6.45) is 5.27. The molecule has 1 aliphatic carbocycles. The van der Waals surface area contributed by atoms with E-state index < -0.39 is 0 Å². The third-order valence-electron chi connectivity index (χ3n) is 3.65. The van der Waals surface area contributed by atoms with Gasteiger partial charge in [0, 0.05) is 13.2 Å². The number of hydrogen-bond donors (Lipinski definition) is 2. The van der Waals surface area contributed by atoms with Gasteiger partial charge in [-0.05, 0) is 46.3 Å². The molecule has 2 N–H and O–H groups in total. The van der Waals surface area contributed by atoms with Crippen molar-refractivity contribution in [1.29, 1.82) is 0 Å². The lowest BCUT2D eigenvalue weighted by Crippen LogP contribution is -2.18. The smallest absolute Gasteiger partial charge is 0.224 e. The Hall–Kier alpha value is -1.62. The van der Waals surface area contributed by atoms with Crippen LogP contribution in [0.4, 0.5) is 11.8 Å². The van der Waals surface area contributed by atoms with Crippen LogP contribution in [0.1, 0.15) is 30.0 Å². The molecular formula is C15H17BrN4. The fourth-order valence-electron chi connectivity index (χ4n) is 2.66. The van der Waals surface area contributed by atoms with Gasteiger partial charge in [-0.2, -0.15) is 4.98 Å². The Kier molecular flexibility index (Phi) is 3.87. The van der Waals surface area contributed by atoms with Gasteiger partial charge in [0.05, 0.1) is 10.5 Å². The van der Waals surface area contributed by atoms with Crippen LogP contribution in [-0.2, 0) is 6.42 Å². The van der Waals surface area contributed by atoms with Crippen LogP contribution >= 0.6 is 15.9 Å². The summed E-state index contributed by atoms with van der Waals surface area (Å²) in [6.45, 7) is 0. The molecule has 0 aliphatic heterocycles. The first-order valence-electron chi connectivity index (χ1n) is 6.82. The van der Waals surface area contributed by atoms with E-state index in [-0.39, 0.29) is 0 Å². The molecule has 4 nitrogen and oxygen atoms in total. The third-order valence-corrected chi connectivity index (χ3v) is 4.23. The summed E-state index contributed by atoms with van der Waals surface area (Å²) < 4.78 is 0.888. The predicted octanol–water partition coefficient (Wildman–Crippen LogP) is 3.77. The van der Waals surface area contributed by atoms with Gasteiger partial charge in [-0.1, -0.05) is 24.3 Å². The Balaban J connectivity index is 1.89. The Labute approximate surface area is 127 Å². The topological polar surface area (TPSA) is 49.8 Å². The van der Waals surface area contributed by atoms with Crippen molar-refractivity contribution >= 4 is 27.7 Å². The maximum Gasteiger partial charge on any atom is 0.224 e. The van der Waals surface area contributed by atoms with Crippen molar-refractivity contribution in [1.82, 2.24) is 9.97 Å². The van der Waals surface area contributed by atoms with Gasteiger partial charge in [0.15, 0.2) is 0 Å². The van der Waals surface area contributed by atoms with Crippen molar-refractivity contribution in [3.05, 3.63) is 46.1 Å².